The van der Waals surface area contributed by atoms with Gasteiger partial charge in [0.2, 0.25) is 15.9 Å². The number of hydrogen-bond acceptors (Lipinski definition) is 10. The van der Waals surface area contributed by atoms with E-state index in [1.54, 1.807) is 18.8 Å². The van der Waals surface area contributed by atoms with E-state index in [1.807, 2.05) is 39.0 Å². The number of ether oxygens (including phenoxy) is 2. The first-order valence-electron chi connectivity index (χ1n) is 14.4. The molecule has 0 bridgehead atoms. The molecule has 14 heteroatoms. The molecule has 1 aliphatic rings. The molecule has 1 fully saturated rings. The number of aryl methyl sites for hydroxylation is 2. The van der Waals surface area contributed by atoms with E-state index in [0.29, 0.717) is 49.6 Å². The summed E-state index contributed by atoms with van der Waals surface area (Å²) in [6.45, 7) is 10.9. The Labute approximate surface area is 251 Å². The van der Waals surface area contributed by atoms with Crippen molar-refractivity contribution < 1.29 is 17.9 Å². The standard InChI is InChI=1S/C29H38N8O5S/c1-7-23-25-26(33-37(23)24-11-9-10-19(3)31-24)29(38)34(5)27(32-25)22-16-21(17-30-28(22)42-20(4)18-41-6)43(39,40)36-14-12-35(8-2)13-15-36/h9-11,16-17,20H,7-8,12-15,18H2,1-6H3/t20-/m1/s1. The summed E-state index contributed by atoms with van der Waals surface area (Å²) in [7, 11) is -0.729. The highest BCUT2D eigenvalue weighted by molar-refractivity contribution is 7.89. The van der Waals surface area contributed by atoms with Crippen molar-refractivity contribution in [2.24, 2.45) is 7.05 Å². The van der Waals surface area contributed by atoms with Crippen LogP contribution in [0.25, 0.3) is 28.2 Å². The molecule has 230 valence electrons. The summed E-state index contributed by atoms with van der Waals surface area (Å²) in [5.74, 6) is 0.935. The molecule has 1 saturated heterocycles. The zero-order valence-corrected chi connectivity index (χ0v) is 26.3. The molecule has 5 rings (SSSR count). The number of piperazine rings is 1. The first kappa shape index (κ1) is 30.7. The van der Waals surface area contributed by atoms with E-state index in [4.69, 9.17) is 14.5 Å². The summed E-state index contributed by atoms with van der Waals surface area (Å²) in [6.07, 6.45) is 1.43. The molecule has 5 heterocycles. The van der Waals surface area contributed by atoms with Crippen molar-refractivity contribution in [2.75, 3.05) is 46.4 Å². The van der Waals surface area contributed by atoms with Crippen LogP contribution in [0.1, 0.15) is 32.2 Å². The number of hydrogen-bond donors (Lipinski definition) is 0. The summed E-state index contributed by atoms with van der Waals surface area (Å²) < 4.78 is 43.3. The van der Waals surface area contributed by atoms with Gasteiger partial charge in [0.15, 0.2) is 11.3 Å². The molecule has 0 spiro atoms. The second kappa shape index (κ2) is 12.5. The Hall–Kier alpha value is -3.72. The quantitative estimate of drug-likeness (QED) is 0.263. The highest BCUT2D eigenvalue weighted by Gasteiger charge is 2.31. The average molecular weight is 611 g/mol. The van der Waals surface area contributed by atoms with Gasteiger partial charge in [0.1, 0.15) is 22.3 Å². The van der Waals surface area contributed by atoms with Gasteiger partial charge in [-0.25, -0.2) is 28.1 Å². The van der Waals surface area contributed by atoms with E-state index in [2.05, 4.69) is 26.9 Å². The molecule has 0 aliphatic carbocycles. The number of rotatable bonds is 10. The second-order valence-electron chi connectivity index (χ2n) is 10.6. The van der Waals surface area contributed by atoms with Gasteiger partial charge in [0.05, 0.1) is 24.1 Å². The lowest BCUT2D eigenvalue weighted by molar-refractivity contribution is 0.0893. The Kier molecular flexibility index (Phi) is 8.92. The first-order chi connectivity index (χ1) is 20.6. The molecule has 0 aromatic carbocycles. The molecule has 0 N–H and O–H groups in total. The minimum absolute atomic E-state index is 0.00362. The van der Waals surface area contributed by atoms with Crippen molar-refractivity contribution in [3.63, 3.8) is 0 Å². The Morgan fingerprint density at radius 1 is 1.07 bits per heavy atom. The van der Waals surface area contributed by atoms with Crippen molar-refractivity contribution in [1.82, 2.24) is 38.5 Å². The molecular weight excluding hydrogens is 572 g/mol. The smallest absolute Gasteiger partial charge is 0.281 e. The van der Waals surface area contributed by atoms with Gasteiger partial charge < -0.3 is 14.4 Å². The third kappa shape index (κ3) is 5.92. The van der Waals surface area contributed by atoms with Crippen LogP contribution < -0.4 is 10.3 Å². The number of aromatic nitrogens is 6. The summed E-state index contributed by atoms with van der Waals surface area (Å²) in [4.78, 5) is 29.9. The van der Waals surface area contributed by atoms with E-state index in [0.717, 1.165) is 12.2 Å². The van der Waals surface area contributed by atoms with Gasteiger partial charge in [-0.15, -0.1) is 0 Å². The lowest BCUT2D eigenvalue weighted by Crippen LogP contribution is -2.48. The Morgan fingerprint density at radius 2 is 1.81 bits per heavy atom. The molecule has 4 aromatic rings. The van der Waals surface area contributed by atoms with Crippen LogP contribution in [-0.2, 0) is 28.2 Å². The lowest BCUT2D eigenvalue weighted by Gasteiger charge is -2.33. The summed E-state index contributed by atoms with van der Waals surface area (Å²) in [5, 5.41) is 4.60. The summed E-state index contributed by atoms with van der Waals surface area (Å²) in [5.41, 5.74) is 2.00. The topological polar surface area (TPSA) is 138 Å². The molecule has 0 unspecified atom stereocenters. The zero-order valence-electron chi connectivity index (χ0n) is 25.4. The van der Waals surface area contributed by atoms with Crippen molar-refractivity contribution in [3.8, 4) is 23.1 Å². The van der Waals surface area contributed by atoms with Crippen molar-refractivity contribution >= 4 is 21.1 Å². The molecule has 0 radical (unpaired) electrons. The number of fused-ring (bicyclic) bond motifs is 1. The van der Waals surface area contributed by atoms with Gasteiger partial charge in [0.25, 0.3) is 5.56 Å². The minimum atomic E-state index is -3.87. The van der Waals surface area contributed by atoms with Crippen molar-refractivity contribution in [3.05, 3.63) is 52.2 Å². The minimum Gasteiger partial charge on any atom is -0.472 e. The van der Waals surface area contributed by atoms with Gasteiger partial charge in [0, 0.05) is 46.0 Å². The Morgan fingerprint density at radius 3 is 2.47 bits per heavy atom. The lowest BCUT2D eigenvalue weighted by atomic mass is 10.2. The van der Waals surface area contributed by atoms with Crippen LogP contribution in [0, 0.1) is 6.92 Å². The van der Waals surface area contributed by atoms with Crippen LogP contribution >= 0.6 is 0 Å². The molecule has 43 heavy (non-hydrogen) atoms. The van der Waals surface area contributed by atoms with E-state index in [-0.39, 0.29) is 39.8 Å². The zero-order chi connectivity index (χ0) is 30.9. The molecule has 0 saturated carbocycles. The molecule has 1 atom stereocenters. The molecule has 4 aromatic heterocycles. The van der Waals surface area contributed by atoms with E-state index < -0.39 is 16.1 Å². The van der Waals surface area contributed by atoms with Crippen LogP contribution in [0.3, 0.4) is 0 Å². The summed E-state index contributed by atoms with van der Waals surface area (Å²) in [6, 6.07) is 7.09. The molecular formula is C29H38N8O5S. The highest BCUT2D eigenvalue weighted by Crippen LogP contribution is 2.32. The maximum absolute atomic E-state index is 13.8. The van der Waals surface area contributed by atoms with Crippen LogP contribution in [0.5, 0.6) is 5.88 Å². The Balaban J connectivity index is 1.68. The Bertz CT molecular complexity index is 1790. The first-order valence-corrected chi connectivity index (χ1v) is 15.8. The van der Waals surface area contributed by atoms with Gasteiger partial charge in [-0.3, -0.25) is 9.36 Å². The fourth-order valence-electron chi connectivity index (χ4n) is 5.26. The van der Waals surface area contributed by atoms with E-state index >= 15 is 0 Å². The van der Waals surface area contributed by atoms with Crippen molar-refractivity contribution in [1.29, 1.82) is 0 Å². The number of likely N-dealkylation sites (N-methyl/N-ethyl adjacent to an activating group) is 1. The maximum Gasteiger partial charge on any atom is 0.281 e. The fraction of sp³-hybridized carbons (Fsp3) is 0.483. The van der Waals surface area contributed by atoms with Crippen LogP contribution in [-0.4, -0.2) is 99.5 Å². The number of pyridine rings is 2. The van der Waals surface area contributed by atoms with Gasteiger partial charge in [-0.1, -0.05) is 19.9 Å². The monoisotopic (exact) mass is 610 g/mol. The number of sulfonamides is 1. The van der Waals surface area contributed by atoms with Crippen molar-refractivity contribution in [2.45, 2.75) is 45.1 Å². The summed E-state index contributed by atoms with van der Waals surface area (Å²) >= 11 is 0. The van der Waals surface area contributed by atoms with Crippen LogP contribution in [0.2, 0.25) is 0 Å². The average Bonchev–Trinajstić information content (AvgIpc) is 3.38. The van der Waals surface area contributed by atoms with Gasteiger partial charge >= 0.3 is 0 Å². The number of nitrogens with zero attached hydrogens (tertiary/aromatic N) is 8. The molecule has 0 amide bonds. The SMILES string of the molecule is CCc1c2nc(-c3cc(S(=O)(=O)N4CCN(CC)CC4)cnc3O[C@H](C)COC)n(C)c(=O)c2nn1-c1cccc(C)n1. The van der Waals surface area contributed by atoms with Gasteiger partial charge in [-0.2, -0.15) is 9.40 Å². The maximum atomic E-state index is 13.8. The van der Waals surface area contributed by atoms with E-state index in [9.17, 15) is 13.2 Å². The largest absolute Gasteiger partial charge is 0.472 e. The molecule has 13 nitrogen and oxygen atoms in total. The normalized spacial score (nSPS) is 15.7. The second-order valence-corrected chi connectivity index (χ2v) is 12.5. The van der Waals surface area contributed by atoms with E-state index in [1.165, 1.54) is 21.1 Å². The third-order valence-electron chi connectivity index (χ3n) is 7.62. The van der Waals surface area contributed by atoms with Crippen LogP contribution in [0.4, 0.5) is 0 Å². The predicted octanol–water partition coefficient (Wildman–Crippen LogP) is 2.19. The predicted molar refractivity (Wildman–Crippen MR) is 162 cm³/mol. The third-order valence-corrected chi connectivity index (χ3v) is 9.48. The van der Waals surface area contributed by atoms with Crippen LogP contribution in [0.15, 0.2) is 40.2 Å². The number of methoxy groups -OCH3 is 1. The fourth-order valence-corrected chi connectivity index (χ4v) is 6.65. The highest BCUT2D eigenvalue weighted by atomic mass is 32.2. The van der Waals surface area contributed by atoms with Gasteiger partial charge in [-0.05, 0) is 45.0 Å². The molecule has 1 aliphatic heterocycles.